The molecule has 0 saturated carbocycles. The molecule has 1 aliphatic rings. The highest BCUT2D eigenvalue weighted by atomic mass is 32.1. The van der Waals surface area contributed by atoms with Gasteiger partial charge in [-0.15, -0.1) is 11.3 Å². The second kappa shape index (κ2) is 6.06. The van der Waals surface area contributed by atoms with Gasteiger partial charge in [0.2, 0.25) is 5.91 Å². The minimum atomic E-state index is -0.324. The largest absolute Gasteiger partial charge is 0.340 e. The smallest absolute Gasteiger partial charge is 0.228 e. The predicted octanol–water partition coefficient (Wildman–Crippen LogP) is 2.12. The van der Waals surface area contributed by atoms with E-state index in [-0.39, 0.29) is 17.1 Å². The van der Waals surface area contributed by atoms with Gasteiger partial charge in [0.1, 0.15) is 0 Å². The monoisotopic (exact) mass is 294 g/mol. The Morgan fingerprint density at radius 1 is 1.20 bits per heavy atom. The second-order valence-corrected chi connectivity index (χ2v) is 7.17. The summed E-state index contributed by atoms with van der Waals surface area (Å²) in [6, 6.07) is 3.77. The lowest BCUT2D eigenvalue weighted by molar-refractivity contribution is -0.141. The molecule has 1 fully saturated rings. The highest BCUT2D eigenvalue weighted by Crippen LogP contribution is 2.19. The molecule has 2 rings (SSSR count). The molecule has 110 valence electrons. The van der Waals surface area contributed by atoms with E-state index in [9.17, 15) is 9.59 Å². The zero-order valence-corrected chi connectivity index (χ0v) is 13.2. The molecule has 0 aliphatic carbocycles. The van der Waals surface area contributed by atoms with Gasteiger partial charge in [-0.1, -0.05) is 26.8 Å². The molecule has 0 spiro atoms. The van der Waals surface area contributed by atoms with E-state index in [0.717, 1.165) is 18.0 Å². The van der Waals surface area contributed by atoms with E-state index >= 15 is 0 Å². The van der Waals surface area contributed by atoms with E-state index in [2.05, 4.69) is 4.90 Å². The quantitative estimate of drug-likeness (QED) is 0.802. The summed E-state index contributed by atoms with van der Waals surface area (Å²) in [7, 11) is 0. The SMILES string of the molecule is CC(C)(C)C(=O)N1CCN(CC(=O)c2cccs2)CC1. The van der Waals surface area contributed by atoms with E-state index < -0.39 is 0 Å². The maximum atomic E-state index is 12.2. The number of ketones is 1. The third-order valence-corrected chi connectivity index (χ3v) is 4.38. The third kappa shape index (κ3) is 3.67. The molecule has 20 heavy (non-hydrogen) atoms. The summed E-state index contributed by atoms with van der Waals surface area (Å²) < 4.78 is 0. The first-order valence-corrected chi connectivity index (χ1v) is 7.84. The van der Waals surface area contributed by atoms with Gasteiger partial charge in [0, 0.05) is 31.6 Å². The molecule has 1 saturated heterocycles. The van der Waals surface area contributed by atoms with Crippen LogP contribution in [0.2, 0.25) is 0 Å². The Balaban J connectivity index is 1.83. The number of thiophene rings is 1. The van der Waals surface area contributed by atoms with Crippen molar-refractivity contribution in [3.8, 4) is 0 Å². The summed E-state index contributed by atoms with van der Waals surface area (Å²) in [5.41, 5.74) is -0.324. The Hall–Kier alpha value is -1.20. The van der Waals surface area contributed by atoms with E-state index in [1.54, 1.807) is 0 Å². The van der Waals surface area contributed by atoms with E-state index in [0.29, 0.717) is 19.6 Å². The summed E-state index contributed by atoms with van der Waals surface area (Å²) in [6.07, 6.45) is 0. The predicted molar refractivity (Wildman–Crippen MR) is 81.1 cm³/mol. The average molecular weight is 294 g/mol. The number of piperazine rings is 1. The number of carbonyl (C=O) groups excluding carboxylic acids is 2. The molecule has 1 aromatic rings. The molecule has 0 radical (unpaired) electrons. The molecule has 0 aromatic carbocycles. The summed E-state index contributed by atoms with van der Waals surface area (Å²) in [6.45, 7) is 9.28. The van der Waals surface area contributed by atoms with Crippen LogP contribution in [0.3, 0.4) is 0 Å². The number of carbonyl (C=O) groups is 2. The lowest BCUT2D eigenvalue weighted by Gasteiger charge is -2.37. The normalized spacial score (nSPS) is 17.2. The van der Waals surface area contributed by atoms with Crippen LogP contribution in [0.5, 0.6) is 0 Å². The minimum absolute atomic E-state index is 0.176. The van der Waals surface area contributed by atoms with Crippen molar-refractivity contribution in [3.63, 3.8) is 0 Å². The Labute approximate surface area is 124 Å². The first kappa shape index (κ1) is 15.2. The third-order valence-electron chi connectivity index (χ3n) is 3.46. The number of hydrogen-bond donors (Lipinski definition) is 0. The molecule has 0 N–H and O–H groups in total. The van der Waals surface area contributed by atoms with Gasteiger partial charge in [0.25, 0.3) is 0 Å². The Kier molecular flexibility index (Phi) is 4.60. The topological polar surface area (TPSA) is 40.6 Å². The number of nitrogens with zero attached hydrogens (tertiary/aromatic N) is 2. The van der Waals surface area contributed by atoms with E-state index in [1.807, 2.05) is 43.2 Å². The molecule has 0 unspecified atom stereocenters. The maximum Gasteiger partial charge on any atom is 0.228 e. The standard InChI is InChI=1S/C15H22N2O2S/c1-15(2,3)14(19)17-8-6-16(7-9-17)11-12(18)13-5-4-10-20-13/h4-5,10H,6-9,11H2,1-3H3. The molecule has 1 amide bonds. The fourth-order valence-corrected chi connectivity index (χ4v) is 2.96. The molecular weight excluding hydrogens is 272 g/mol. The molecule has 0 bridgehead atoms. The van der Waals surface area contributed by atoms with Crippen molar-refractivity contribution in [3.05, 3.63) is 22.4 Å². The second-order valence-electron chi connectivity index (χ2n) is 6.22. The van der Waals surface area contributed by atoms with Gasteiger partial charge < -0.3 is 4.90 Å². The van der Waals surface area contributed by atoms with E-state index in [1.165, 1.54) is 11.3 Å². The van der Waals surface area contributed by atoms with Crippen LogP contribution >= 0.6 is 11.3 Å². The highest BCUT2D eigenvalue weighted by molar-refractivity contribution is 7.12. The van der Waals surface area contributed by atoms with Crippen LogP contribution in [-0.2, 0) is 4.79 Å². The molecule has 2 heterocycles. The maximum absolute atomic E-state index is 12.2. The van der Waals surface area contributed by atoms with Gasteiger partial charge in [0.15, 0.2) is 5.78 Å². The first-order chi connectivity index (χ1) is 9.38. The summed E-state index contributed by atoms with van der Waals surface area (Å²) in [5, 5.41) is 1.92. The minimum Gasteiger partial charge on any atom is -0.340 e. The van der Waals surface area contributed by atoms with Crippen LogP contribution < -0.4 is 0 Å². The van der Waals surface area contributed by atoms with Crippen molar-refractivity contribution in [1.82, 2.24) is 9.80 Å². The van der Waals surface area contributed by atoms with E-state index in [4.69, 9.17) is 0 Å². The molecule has 5 heteroatoms. The zero-order chi connectivity index (χ0) is 14.8. The average Bonchev–Trinajstić information content (AvgIpc) is 2.91. The van der Waals surface area contributed by atoms with Crippen molar-refractivity contribution in [2.45, 2.75) is 20.8 Å². The van der Waals surface area contributed by atoms with Gasteiger partial charge >= 0.3 is 0 Å². The zero-order valence-electron chi connectivity index (χ0n) is 12.4. The van der Waals surface area contributed by atoms with Crippen molar-refractivity contribution in [2.24, 2.45) is 5.41 Å². The lowest BCUT2D eigenvalue weighted by atomic mass is 9.94. The molecule has 1 aromatic heterocycles. The Bertz CT molecular complexity index is 469. The summed E-state index contributed by atoms with van der Waals surface area (Å²) in [4.78, 5) is 29.1. The summed E-state index contributed by atoms with van der Waals surface area (Å²) in [5.74, 6) is 0.373. The Morgan fingerprint density at radius 3 is 2.35 bits per heavy atom. The van der Waals surface area contributed by atoms with Gasteiger partial charge in [-0.25, -0.2) is 0 Å². The van der Waals surface area contributed by atoms with Gasteiger partial charge in [-0.05, 0) is 11.4 Å². The Morgan fingerprint density at radius 2 is 1.85 bits per heavy atom. The highest BCUT2D eigenvalue weighted by Gasteiger charge is 2.30. The fraction of sp³-hybridized carbons (Fsp3) is 0.600. The van der Waals surface area contributed by atoms with Crippen LogP contribution in [0.15, 0.2) is 17.5 Å². The summed E-state index contributed by atoms with van der Waals surface area (Å²) >= 11 is 1.49. The number of amides is 1. The fourth-order valence-electron chi connectivity index (χ4n) is 2.30. The number of Topliss-reactive ketones (excluding diaryl/α,β-unsaturated/α-hetero) is 1. The number of rotatable bonds is 3. The molecule has 4 nitrogen and oxygen atoms in total. The van der Waals surface area contributed by atoms with Crippen LogP contribution in [0.4, 0.5) is 0 Å². The van der Waals surface area contributed by atoms with Crippen LogP contribution in [0.25, 0.3) is 0 Å². The van der Waals surface area contributed by atoms with Gasteiger partial charge in [-0.2, -0.15) is 0 Å². The first-order valence-electron chi connectivity index (χ1n) is 6.96. The van der Waals surface area contributed by atoms with Crippen LogP contribution in [-0.4, -0.2) is 54.2 Å². The van der Waals surface area contributed by atoms with Crippen molar-refractivity contribution >= 4 is 23.0 Å². The van der Waals surface area contributed by atoms with Crippen LogP contribution in [0.1, 0.15) is 30.4 Å². The lowest BCUT2D eigenvalue weighted by Crippen LogP contribution is -2.52. The van der Waals surface area contributed by atoms with Gasteiger partial charge in [0.05, 0.1) is 11.4 Å². The molecule has 1 aliphatic heterocycles. The molecular formula is C15H22N2O2S. The van der Waals surface area contributed by atoms with Crippen molar-refractivity contribution in [1.29, 1.82) is 0 Å². The van der Waals surface area contributed by atoms with Crippen molar-refractivity contribution < 1.29 is 9.59 Å². The van der Waals surface area contributed by atoms with Crippen molar-refractivity contribution in [2.75, 3.05) is 32.7 Å². The van der Waals surface area contributed by atoms with Crippen LogP contribution in [0, 0.1) is 5.41 Å². The van der Waals surface area contributed by atoms with Gasteiger partial charge in [-0.3, -0.25) is 14.5 Å². The number of hydrogen-bond acceptors (Lipinski definition) is 4. The molecule has 0 atom stereocenters.